The third-order valence-electron chi connectivity index (χ3n) is 2.11. The van der Waals surface area contributed by atoms with E-state index in [-0.39, 0.29) is 77.3 Å². The summed E-state index contributed by atoms with van der Waals surface area (Å²) in [5.41, 5.74) is 0. The van der Waals surface area contributed by atoms with Gasteiger partial charge in [-0.3, -0.25) is 0 Å². The van der Waals surface area contributed by atoms with Gasteiger partial charge in [0.25, 0.3) is 0 Å². The van der Waals surface area contributed by atoms with E-state index in [0.717, 1.165) is 18.2 Å². The zero-order chi connectivity index (χ0) is 13.7. The molecule has 154 valence electrons. The predicted octanol–water partition coefficient (Wildman–Crippen LogP) is 6.33. The van der Waals surface area contributed by atoms with Gasteiger partial charge < -0.3 is 12.3 Å². The van der Waals surface area contributed by atoms with Crippen molar-refractivity contribution >= 4 is 48.6 Å². The first-order valence-corrected chi connectivity index (χ1v) is 15.9. The van der Waals surface area contributed by atoms with Crippen LogP contribution >= 0.6 is 12.6 Å². The van der Waals surface area contributed by atoms with E-state index in [0.29, 0.717) is 0 Å². The number of rotatable bonds is 8. The van der Waals surface area contributed by atoms with Gasteiger partial charge in [-0.1, -0.05) is 44.6 Å². The fourth-order valence-corrected chi connectivity index (χ4v) is 15.5. The summed E-state index contributed by atoms with van der Waals surface area (Å²) >= 11 is 4.25. The molecule has 0 saturated heterocycles. The molecule has 2 radical (unpaired) electrons. The quantitative estimate of drug-likeness (QED) is 0.304. The number of thiol groups is 1. The van der Waals surface area contributed by atoms with Gasteiger partial charge in [0.05, 0.1) is 0 Å². The standard InChI is InChI=1S/C9H27O3SSi4.6CH4.Y/c1-15(2,3)11-16(4,5)12-17(6,10-14)9-7-8-13;;;;;;;/h13H,7-9,14H2,1-6H3;6*1H4;. The molecule has 24 heavy (non-hydrogen) atoms. The van der Waals surface area contributed by atoms with Gasteiger partial charge in [0.15, 0.2) is 18.8 Å². The van der Waals surface area contributed by atoms with Crippen molar-refractivity contribution in [3.63, 3.8) is 0 Å². The minimum absolute atomic E-state index is 0. The normalized spacial score (nSPS) is 12.0. The second kappa shape index (κ2) is 21.5. The van der Waals surface area contributed by atoms with Crippen LogP contribution in [-0.4, -0.2) is 41.7 Å². The second-order valence-corrected chi connectivity index (χ2v) is 18.8. The molecule has 0 bridgehead atoms. The van der Waals surface area contributed by atoms with E-state index in [4.69, 9.17) is 12.3 Å². The third-order valence-corrected chi connectivity index (χ3v) is 14.2. The average Bonchev–Trinajstić information content (AvgIpc) is 2.10. The van der Waals surface area contributed by atoms with Crippen molar-refractivity contribution < 1.29 is 45.1 Å². The van der Waals surface area contributed by atoms with Crippen LogP contribution in [0.2, 0.25) is 45.3 Å². The van der Waals surface area contributed by atoms with Crippen LogP contribution in [0.15, 0.2) is 0 Å². The summed E-state index contributed by atoms with van der Waals surface area (Å²) in [6.07, 6.45) is 1.04. The molecule has 0 aromatic rings. The maximum atomic E-state index is 6.29. The van der Waals surface area contributed by atoms with Gasteiger partial charge in [-0.15, -0.1) is 0 Å². The SMILES string of the molecule is C.C.C.C.C.C.C[Si](C)(C)O[Si](C)(C)O[Si](C)(CCCS)O[SiH2].[Y]. The average molecular weight is 513 g/mol. The molecule has 1 unspecified atom stereocenters. The maximum absolute atomic E-state index is 6.29. The number of hydrogen-bond acceptors (Lipinski definition) is 4. The van der Waals surface area contributed by atoms with Crippen molar-refractivity contribution in [2.45, 2.75) is 96.3 Å². The Bertz CT molecular complexity index is 245. The van der Waals surface area contributed by atoms with Crippen LogP contribution < -0.4 is 0 Å². The predicted molar refractivity (Wildman–Crippen MR) is 128 cm³/mol. The van der Waals surface area contributed by atoms with Gasteiger partial charge in [0, 0.05) is 32.7 Å². The van der Waals surface area contributed by atoms with Crippen molar-refractivity contribution in [3.05, 3.63) is 0 Å². The number of hydrogen-bond donors (Lipinski definition) is 1. The Balaban J connectivity index is -0.0000000610. The topological polar surface area (TPSA) is 27.7 Å². The van der Waals surface area contributed by atoms with E-state index in [2.05, 4.69) is 51.9 Å². The van der Waals surface area contributed by atoms with E-state index in [9.17, 15) is 0 Å². The smallest absolute Gasteiger partial charge is 0.315 e. The Morgan fingerprint density at radius 2 is 1.17 bits per heavy atom. The van der Waals surface area contributed by atoms with Crippen LogP contribution in [-0.2, 0) is 45.1 Å². The molecule has 0 aliphatic rings. The van der Waals surface area contributed by atoms with Crippen molar-refractivity contribution in [2.75, 3.05) is 5.75 Å². The molecule has 0 fully saturated rings. The van der Waals surface area contributed by atoms with Crippen LogP contribution in [0.1, 0.15) is 51.0 Å². The minimum Gasteiger partial charge on any atom is -0.442 e. The molecule has 1 atom stereocenters. The Morgan fingerprint density at radius 1 is 0.792 bits per heavy atom. The molecule has 0 rings (SSSR count). The van der Waals surface area contributed by atoms with Gasteiger partial charge in [0.1, 0.15) is 0 Å². The summed E-state index contributed by atoms with van der Waals surface area (Å²) in [6.45, 7) is 13.0. The molecule has 3 nitrogen and oxygen atoms in total. The Morgan fingerprint density at radius 3 is 1.42 bits per heavy atom. The third kappa shape index (κ3) is 26.4. The first kappa shape index (κ1) is 50.2. The molecular weight excluding hydrogens is 461 g/mol. The molecular formula is C15H51O3SSi4Y. The molecule has 0 aliphatic heterocycles. The van der Waals surface area contributed by atoms with Crippen LogP contribution in [0.3, 0.4) is 0 Å². The van der Waals surface area contributed by atoms with E-state index >= 15 is 0 Å². The van der Waals surface area contributed by atoms with Crippen molar-refractivity contribution in [2.24, 2.45) is 0 Å². The van der Waals surface area contributed by atoms with Gasteiger partial charge in [0.2, 0.25) is 0 Å². The molecule has 0 heterocycles. The minimum atomic E-state index is -2.07. The summed E-state index contributed by atoms with van der Waals surface area (Å²) in [7, 11) is -4.12. The Kier molecular flexibility index (Phi) is 45.0. The van der Waals surface area contributed by atoms with E-state index in [1.165, 1.54) is 0 Å². The molecule has 0 saturated carbocycles. The van der Waals surface area contributed by atoms with Crippen molar-refractivity contribution in [1.82, 2.24) is 0 Å². The van der Waals surface area contributed by atoms with E-state index in [1.807, 2.05) is 0 Å². The fraction of sp³-hybridized carbons (Fsp3) is 1.00. The first-order valence-electron chi connectivity index (χ1n) is 5.98. The largest absolute Gasteiger partial charge is 0.442 e. The molecule has 0 spiro atoms. The summed E-state index contributed by atoms with van der Waals surface area (Å²) in [4.78, 5) is 0. The first-order chi connectivity index (χ1) is 7.54. The fourth-order valence-electron chi connectivity index (χ4n) is 1.83. The molecule has 0 aliphatic carbocycles. The zero-order valence-corrected chi connectivity index (χ0v) is 20.7. The monoisotopic (exact) mass is 512 g/mol. The van der Waals surface area contributed by atoms with Crippen LogP contribution in [0.4, 0.5) is 0 Å². The summed E-state index contributed by atoms with van der Waals surface area (Å²) in [6, 6.07) is 0.992. The summed E-state index contributed by atoms with van der Waals surface area (Å²) in [5.74, 6) is 0.884. The molecule has 9 heteroatoms. The second-order valence-electron chi connectivity index (χ2n) is 5.82. The van der Waals surface area contributed by atoms with Gasteiger partial charge in [-0.05, 0) is 57.5 Å². The van der Waals surface area contributed by atoms with E-state index < -0.39 is 25.4 Å². The van der Waals surface area contributed by atoms with Gasteiger partial charge in [-0.2, -0.15) is 12.6 Å². The van der Waals surface area contributed by atoms with Crippen molar-refractivity contribution in [1.29, 1.82) is 0 Å². The van der Waals surface area contributed by atoms with Crippen LogP contribution in [0, 0.1) is 0 Å². The van der Waals surface area contributed by atoms with Crippen LogP contribution in [0.5, 0.6) is 0 Å². The van der Waals surface area contributed by atoms with Crippen LogP contribution in [0.25, 0.3) is 0 Å². The Hall–Kier alpha value is 2.20. The zero-order valence-electron chi connectivity index (χ0n) is 12.6. The molecule has 0 N–H and O–H groups in total. The molecule has 0 amide bonds. The maximum Gasteiger partial charge on any atom is 0.315 e. The van der Waals surface area contributed by atoms with Crippen molar-refractivity contribution in [3.8, 4) is 0 Å². The Labute approximate surface area is 194 Å². The van der Waals surface area contributed by atoms with E-state index in [1.54, 1.807) is 10.5 Å². The summed E-state index contributed by atoms with van der Waals surface area (Å²) < 4.78 is 18.2. The van der Waals surface area contributed by atoms with Gasteiger partial charge >= 0.3 is 17.1 Å². The van der Waals surface area contributed by atoms with Gasteiger partial charge in [-0.25, -0.2) is 0 Å². The molecule has 0 aromatic carbocycles. The summed E-state index contributed by atoms with van der Waals surface area (Å²) in [5, 5.41) is 0. The molecule has 0 aromatic heterocycles.